The fraction of sp³-hybridized carbons (Fsp3) is 0.600. The second-order valence-electron chi connectivity index (χ2n) is 10.4. The average Bonchev–Trinajstić information content (AvgIpc) is 3.60. The van der Waals surface area contributed by atoms with E-state index >= 15 is 0 Å². The third kappa shape index (κ3) is 11.9. The molecule has 0 spiro atoms. The van der Waals surface area contributed by atoms with E-state index in [0.29, 0.717) is 30.9 Å². The first-order valence-electron chi connectivity index (χ1n) is 14.8. The zero-order valence-corrected chi connectivity index (χ0v) is 25.8. The summed E-state index contributed by atoms with van der Waals surface area (Å²) >= 11 is 0. The van der Waals surface area contributed by atoms with E-state index in [1.165, 1.54) is 25.0 Å². The molecule has 1 saturated carbocycles. The molecule has 2 aliphatic rings. The highest BCUT2D eigenvalue weighted by Gasteiger charge is 2.39. The summed E-state index contributed by atoms with van der Waals surface area (Å²) < 4.78 is 62.0. The number of hydrogen-bond acceptors (Lipinski definition) is 6. The van der Waals surface area contributed by atoms with Gasteiger partial charge in [-0.1, -0.05) is 27.0 Å². The number of aromatic nitrogens is 6. The van der Waals surface area contributed by atoms with Gasteiger partial charge in [0.25, 0.3) is 5.78 Å². The Labute approximate surface area is 250 Å². The molecule has 8 nitrogen and oxygen atoms in total. The Bertz CT molecular complexity index is 1270. The maximum absolute atomic E-state index is 13.8. The first-order chi connectivity index (χ1) is 20.3. The van der Waals surface area contributed by atoms with Gasteiger partial charge >= 0.3 is 6.18 Å². The summed E-state index contributed by atoms with van der Waals surface area (Å²) in [7, 11) is 0. The van der Waals surface area contributed by atoms with Gasteiger partial charge in [-0.2, -0.15) is 23.4 Å². The molecule has 13 heteroatoms. The molecule has 3 aromatic rings. The van der Waals surface area contributed by atoms with Crippen molar-refractivity contribution in [2.75, 3.05) is 6.54 Å². The first kappa shape index (κ1) is 35.7. The van der Waals surface area contributed by atoms with Crippen molar-refractivity contribution in [1.29, 1.82) is 0 Å². The molecular weight excluding hydrogens is 567 g/mol. The van der Waals surface area contributed by atoms with E-state index in [4.69, 9.17) is 0 Å². The SMILES string of the molecule is C=C(NC(c1cn2nc(C)cnc2n1)C1CCC(F)(F)CC1)c1ccnn1CC.C=C1CCCCN1.CC.CC(F)(F)F. The number of fused-ring (bicyclic) bond motifs is 1. The molecule has 1 aliphatic heterocycles. The number of nitrogens with zero attached hydrogens (tertiary/aromatic N) is 6. The van der Waals surface area contributed by atoms with Crippen LogP contribution in [0.25, 0.3) is 11.5 Å². The molecule has 1 saturated heterocycles. The molecule has 3 aromatic heterocycles. The van der Waals surface area contributed by atoms with Crippen molar-refractivity contribution < 1.29 is 22.0 Å². The monoisotopic (exact) mass is 612 g/mol. The molecule has 0 radical (unpaired) electrons. The summed E-state index contributed by atoms with van der Waals surface area (Å²) in [5, 5.41) is 15.3. The van der Waals surface area contributed by atoms with E-state index in [0.717, 1.165) is 23.6 Å². The van der Waals surface area contributed by atoms with Gasteiger partial charge in [-0.25, -0.2) is 23.3 Å². The normalized spacial score (nSPS) is 17.2. The van der Waals surface area contributed by atoms with Crippen LogP contribution < -0.4 is 10.6 Å². The van der Waals surface area contributed by atoms with Crippen LogP contribution in [-0.2, 0) is 6.54 Å². The van der Waals surface area contributed by atoms with E-state index in [1.807, 2.05) is 44.6 Å². The van der Waals surface area contributed by atoms with Crippen molar-refractivity contribution in [2.45, 2.75) is 104 Å². The molecule has 1 unspecified atom stereocenters. The number of nitrogens with one attached hydrogen (secondary N) is 2. The zero-order chi connectivity index (χ0) is 32.2. The van der Waals surface area contributed by atoms with E-state index < -0.39 is 12.1 Å². The third-order valence-corrected chi connectivity index (χ3v) is 6.81. The van der Waals surface area contributed by atoms with Crippen molar-refractivity contribution in [3.05, 3.63) is 60.6 Å². The Morgan fingerprint density at radius 2 is 1.86 bits per heavy atom. The lowest BCUT2D eigenvalue weighted by molar-refractivity contribution is -0.110. The van der Waals surface area contributed by atoms with Crippen LogP contribution >= 0.6 is 0 Å². The van der Waals surface area contributed by atoms with Crippen molar-refractivity contribution in [3.63, 3.8) is 0 Å². The van der Waals surface area contributed by atoms with E-state index in [-0.39, 0.29) is 31.7 Å². The number of aryl methyl sites for hydroxylation is 2. The Kier molecular flexibility index (Phi) is 13.6. The summed E-state index contributed by atoms with van der Waals surface area (Å²) in [6, 6.07) is 1.63. The van der Waals surface area contributed by atoms with Crippen LogP contribution in [0.1, 0.15) is 95.8 Å². The maximum Gasteiger partial charge on any atom is 0.386 e. The minimum absolute atomic E-state index is 0.00961. The molecule has 2 fully saturated rings. The van der Waals surface area contributed by atoms with Gasteiger partial charge in [0, 0.05) is 44.7 Å². The second-order valence-corrected chi connectivity index (χ2v) is 10.4. The fourth-order valence-corrected chi connectivity index (χ4v) is 4.79. The van der Waals surface area contributed by atoms with Crippen LogP contribution in [-0.4, -0.2) is 48.0 Å². The quantitative estimate of drug-likeness (QED) is 0.278. The molecule has 0 aromatic carbocycles. The molecule has 1 atom stereocenters. The lowest BCUT2D eigenvalue weighted by atomic mass is 9.81. The molecule has 5 rings (SSSR count). The number of hydrogen-bond donors (Lipinski definition) is 2. The van der Waals surface area contributed by atoms with Crippen molar-refractivity contribution in [1.82, 2.24) is 40.0 Å². The predicted octanol–water partition coefficient (Wildman–Crippen LogP) is 7.64. The van der Waals surface area contributed by atoms with Gasteiger partial charge in [0.15, 0.2) is 0 Å². The van der Waals surface area contributed by atoms with Crippen LogP contribution in [0.5, 0.6) is 0 Å². The van der Waals surface area contributed by atoms with Crippen molar-refractivity contribution in [3.8, 4) is 0 Å². The highest BCUT2D eigenvalue weighted by molar-refractivity contribution is 5.59. The fourth-order valence-electron chi connectivity index (χ4n) is 4.79. The summed E-state index contributed by atoms with van der Waals surface area (Å²) in [6.45, 7) is 17.9. The van der Waals surface area contributed by atoms with E-state index in [2.05, 4.69) is 44.0 Å². The van der Waals surface area contributed by atoms with Crippen molar-refractivity contribution in [2.24, 2.45) is 5.92 Å². The molecule has 2 N–H and O–H groups in total. The number of alkyl halides is 5. The Morgan fingerprint density at radius 3 is 2.40 bits per heavy atom. The van der Waals surface area contributed by atoms with Crippen LogP contribution in [0.4, 0.5) is 22.0 Å². The Morgan fingerprint density at radius 1 is 1.21 bits per heavy atom. The van der Waals surface area contributed by atoms with E-state index in [9.17, 15) is 22.0 Å². The van der Waals surface area contributed by atoms with E-state index in [1.54, 1.807) is 16.9 Å². The Hall–Kier alpha value is -3.51. The lowest BCUT2D eigenvalue weighted by Gasteiger charge is -2.34. The topological polar surface area (TPSA) is 85.0 Å². The van der Waals surface area contributed by atoms with Gasteiger partial charge in [0.05, 0.1) is 41.2 Å². The van der Waals surface area contributed by atoms with Gasteiger partial charge in [-0.05, 0) is 57.9 Å². The summed E-state index contributed by atoms with van der Waals surface area (Å²) in [5.41, 5.74) is 4.29. The Balaban J connectivity index is 0.000000383. The number of halogens is 5. The van der Waals surface area contributed by atoms with Crippen LogP contribution in [0, 0.1) is 12.8 Å². The predicted molar refractivity (Wildman–Crippen MR) is 159 cm³/mol. The zero-order valence-electron chi connectivity index (χ0n) is 25.8. The van der Waals surface area contributed by atoms with Gasteiger partial charge in [-0.3, -0.25) is 4.68 Å². The molecule has 0 bridgehead atoms. The summed E-state index contributed by atoms with van der Waals surface area (Å²) in [4.78, 5) is 8.93. The standard InChI is InChI=1S/C20H25F2N7.C6H11N.C2H3F3.C2H6/c1-4-28-17(7-10-24-28)14(3)25-18(15-5-8-20(21,22)9-6-15)16-12-29-19(26-16)23-11-13(2)27-29;1-6-4-2-3-5-7-6;1-2(3,4)5;1-2/h7,10-12,15,18,25H,3-6,8-9H2,1-2H3;7H,1-5H2;1H3;1-2H3. The van der Waals surface area contributed by atoms with Gasteiger partial charge in [-0.15, -0.1) is 0 Å². The number of rotatable bonds is 6. The smallest absolute Gasteiger partial charge is 0.386 e. The number of piperidine rings is 1. The highest BCUT2D eigenvalue weighted by Crippen LogP contribution is 2.41. The molecule has 43 heavy (non-hydrogen) atoms. The lowest BCUT2D eigenvalue weighted by Crippen LogP contribution is -2.34. The summed E-state index contributed by atoms with van der Waals surface area (Å²) in [5.74, 6) is -2.09. The minimum atomic E-state index is -4.00. The molecule has 240 valence electrons. The molecule has 4 heterocycles. The summed E-state index contributed by atoms with van der Waals surface area (Å²) in [6.07, 6.45) is 5.64. The molecule has 0 amide bonds. The third-order valence-electron chi connectivity index (χ3n) is 6.81. The minimum Gasteiger partial charge on any atom is -0.389 e. The molecular formula is C30H45F5N8. The number of allylic oxidation sites excluding steroid dienone is 1. The van der Waals surface area contributed by atoms with Gasteiger partial charge in [0.2, 0.25) is 5.92 Å². The van der Waals surface area contributed by atoms with Crippen LogP contribution in [0.3, 0.4) is 0 Å². The van der Waals surface area contributed by atoms with Crippen molar-refractivity contribution >= 4 is 11.5 Å². The largest absolute Gasteiger partial charge is 0.389 e. The first-order valence-corrected chi connectivity index (χ1v) is 14.8. The second kappa shape index (κ2) is 16.4. The number of imidazole rings is 1. The average molecular weight is 613 g/mol. The molecule has 1 aliphatic carbocycles. The van der Waals surface area contributed by atoms with Crippen LogP contribution in [0.15, 0.2) is 43.5 Å². The maximum atomic E-state index is 13.8. The van der Waals surface area contributed by atoms with Gasteiger partial charge < -0.3 is 10.6 Å². The van der Waals surface area contributed by atoms with Crippen LogP contribution in [0.2, 0.25) is 0 Å². The highest BCUT2D eigenvalue weighted by atomic mass is 19.4. The van der Waals surface area contributed by atoms with Gasteiger partial charge in [0.1, 0.15) is 0 Å².